The molecule has 0 spiro atoms. The quantitative estimate of drug-likeness (QED) is 0.785. The third kappa shape index (κ3) is 5.44. The van der Waals surface area contributed by atoms with Crippen LogP contribution in [0.15, 0.2) is 48.5 Å². The molecule has 0 heterocycles. The van der Waals surface area contributed by atoms with Gasteiger partial charge in [0.1, 0.15) is 6.54 Å². The Balaban J connectivity index is 2.20. The summed E-state index contributed by atoms with van der Waals surface area (Å²) < 4.78 is 0. The molecule has 0 atom stereocenters. The lowest BCUT2D eigenvalue weighted by molar-refractivity contribution is -0.120. The topological polar surface area (TPSA) is 49.4 Å². The van der Waals surface area contributed by atoms with Crippen molar-refractivity contribution >= 4 is 23.2 Å². The number of carbonyl (C=O) groups excluding carboxylic acids is 2. The van der Waals surface area contributed by atoms with Gasteiger partial charge in [0, 0.05) is 18.3 Å². The van der Waals surface area contributed by atoms with Crippen molar-refractivity contribution in [3.63, 3.8) is 0 Å². The molecule has 0 saturated heterocycles. The van der Waals surface area contributed by atoms with E-state index < -0.39 is 0 Å². The second-order valence-corrected chi connectivity index (χ2v) is 9.25. The fourth-order valence-corrected chi connectivity index (χ4v) is 3.11. The largest absolute Gasteiger partial charge is 0.325 e. The molecule has 4 heteroatoms. The van der Waals surface area contributed by atoms with Gasteiger partial charge < -0.3 is 10.2 Å². The number of nitrogens with zero attached hydrogens (tertiary/aromatic N) is 1. The van der Waals surface area contributed by atoms with Crippen LogP contribution in [0.1, 0.15) is 59.6 Å². The number of benzene rings is 2. The van der Waals surface area contributed by atoms with E-state index in [4.69, 9.17) is 0 Å². The van der Waals surface area contributed by atoms with Crippen molar-refractivity contribution in [3.05, 3.63) is 59.7 Å². The van der Waals surface area contributed by atoms with E-state index >= 15 is 0 Å². The number of hydrogen-bond donors (Lipinski definition) is 1. The average Bonchev–Trinajstić information content (AvgIpc) is 2.58. The van der Waals surface area contributed by atoms with Crippen LogP contribution in [0.2, 0.25) is 0 Å². The van der Waals surface area contributed by atoms with Gasteiger partial charge in [0.2, 0.25) is 11.8 Å². The molecule has 2 rings (SSSR count). The standard InChI is InChI=1S/C24H32N2O2/c1-17(27)26(21-11-9-8-10-20(21)24(5,6)7)16-22(28)25-19-14-12-18(13-15-19)23(2,3)4/h8-15H,16H2,1-7H3,(H,25,28). The minimum absolute atomic E-state index is 0.0244. The van der Waals surface area contributed by atoms with Gasteiger partial charge in [-0.1, -0.05) is 71.9 Å². The highest BCUT2D eigenvalue weighted by atomic mass is 16.2. The van der Waals surface area contributed by atoms with Crippen LogP contribution < -0.4 is 10.2 Å². The minimum atomic E-state index is -0.220. The molecule has 2 aromatic carbocycles. The summed E-state index contributed by atoms with van der Waals surface area (Å²) in [6.45, 7) is 14.2. The highest BCUT2D eigenvalue weighted by Gasteiger charge is 2.24. The Hall–Kier alpha value is -2.62. The Labute approximate surface area is 169 Å². The van der Waals surface area contributed by atoms with Crippen LogP contribution in [-0.2, 0) is 20.4 Å². The first-order valence-electron chi connectivity index (χ1n) is 9.67. The van der Waals surface area contributed by atoms with E-state index in [1.54, 1.807) is 4.90 Å². The summed E-state index contributed by atoms with van der Waals surface area (Å²) in [6, 6.07) is 15.6. The monoisotopic (exact) mass is 380 g/mol. The van der Waals surface area contributed by atoms with Crippen LogP contribution in [0, 0.1) is 0 Å². The third-order valence-electron chi connectivity index (χ3n) is 4.72. The molecule has 150 valence electrons. The molecule has 1 N–H and O–H groups in total. The molecule has 0 fully saturated rings. The maximum absolute atomic E-state index is 12.6. The van der Waals surface area contributed by atoms with Crippen molar-refractivity contribution in [2.75, 3.05) is 16.8 Å². The molecule has 0 aliphatic carbocycles. The van der Waals surface area contributed by atoms with E-state index in [0.717, 1.165) is 16.9 Å². The maximum Gasteiger partial charge on any atom is 0.244 e. The van der Waals surface area contributed by atoms with Gasteiger partial charge >= 0.3 is 0 Å². The van der Waals surface area contributed by atoms with E-state index in [-0.39, 0.29) is 29.2 Å². The molecule has 0 saturated carbocycles. The molecule has 2 aromatic rings. The Morgan fingerprint density at radius 2 is 1.43 bits per heavy atom. The zero-order valence-corrected chi connectivity index (χ0v) is 18.1. The molecular formula is C24H32N2O2. The molecule has 0 bridgehead atoms. The van der Waals surface area contributed by atoms with E-state index in [2.05, 4.69) is 46.9 Å². The van der Waals surface area contributed by atoms with E-state index in [1.165, 1.54) is 12.5 Å². The van der Waals surface area contributed by atoms with Crippen LogP contribution in [-0.4, -0.2) is 18.4 Å². The first-order valence-corrected chi connectivity index (χ1v) is 9.67. The fourth-order valence-electron chi connectivity index (χ4n) is 3.11. The van der Waals surface area contributed by atoms with Crippen LogP contribution >= 0.6 is 0 Å². The Bertz CT molecular complexity index is 840. The first kappa shape index (κ1) is 21.7. The molecule has 0 aromatic heterocycles. The Morgan fingerprint density at radius 3 is 1.93 bits per heavy atom. The fraction of sp³-hybridized carbons (Fsp3) is 0.417. The van der Waals surface area contributed by atoms with Crippen molar-refractivity contribution in [2.45, 2.75) is 59.3 Å². The smallest absolute Gasteiger partial charge is 0.244 e. The normalized spacial score (nSPS) is 11.8. The predicted octanol–water partition coefficient (Wildman–Crippen LogP) is 5.27. The van der Waals surface area contributed by atoms with Gasteiger partial charge in [0.25, 0.3) is 0 Å². The van der Waals surface area contributed by atoms with Crippen molar-refractivity contribution in [1.29, 1.82) is 0 Å². The van der Waals surface area contributed by atoms with Crippen LogP contribution in [0.25, 0.3) is 0 Å². The van der Waals surface area contributed by atoms with Crippen molar-refractivity contribution < 1.29 is 9.59 Å². The molecular weight excluding hydrogens is 348 g/mol. The van der Waals surface area contributed by atoms with Crippen molar-refractivity contribution in [3.8, 4) is 0 Å². The van der Waals surface area contributed by atoms with Gasteiger partial charge in [0.05, 0.1) is 0 Å². The summed E-state index contributed by atoms with van der Waals surface area (Å²) in [4.78, 5) is 26.5. The lowest BCUT2D eigenvalue weighted by Gasteiger charge is -2.29. The number of para-hydroxylation sites is 1. The number of hydrogen-bond acceptors (Lipinski definition) is 2. The Morgan fingerprint density at radius 1 is 0.857 bits per heavy atom. The third-order valence-corrected chi connectivity index (χ3v) is 4.72. The summed E-state index contributed by atoms with van der Waals surface area (Å²) in [7, 11) is 0. The van der Waals surface area contributed by atoms with Crippen molar-refractivity contribution in [2.24, 2.45) is 0 Å². The van der Waals surface area contributed by atoms with Gasteiger partial charge in [-0.3, -0.25) is 9.59 Å². The summed E-state index contributed by atoms with van der Waals surface area (Å²) >= 11 is 0. The van der Waals surface area contributed by atoms with Crippen molar-refractivity contribution in [1.82, 2.24) is 0 Å². The highest BCUT2D eigenvalue weighted by molar-refractivity contribution is 6.02. The lowest BCUT2D eigenvalue weighted by atomic mass is 9.85. The first-order chi connectivity index (χ1) is 12.9. The van der Waals surface area contributed by atoms with Gasteiger partial charge in [0.15, 0.2) is 0 Å². The molecule has 4 nitrogen and oxygen atoms in total. The van der Waals surface area contributed by atoms with E-state index in [1.807, 2.05) is 48.5 Å². The van der Waals surface area contributed by atoms with Crippen LogP contribution in [0.4, 0.5) is 11.4 Å². The summed E-state index contributed by atoms with van der Waals surface area (Å²) in [6.07, 6.45) is 0. The summed E-state index contributed by atoms with van der Waals surface area (Å²) in [5.74, 6) is -0.377. The molecule has 0 unspecified atom stereocenters. The van der Waals surface area contributed by atoms with Crippen LogP contribution in [0.3, 0.4) is 0 Å². The van der Waals surface area contributed by atoms with E-state index in [0.29, 0.717) is 0 Å². The van der Waals surface area contributed by atoms with E-state index in [9.17, 15) is 9.59 Å². The second kappa shape index (κ2) is 8.17. The highest BCUT2D eigenvalue weighted by Crippen LogP contribution is 2.32. The summed E-state index contributed by atoms with van der Waals surface area (Å²) in [5.41, 5.74) is 3.67. The minimum Gasteiger partial charge on any atom is -0.325 e. The summed E-state index contributed by atoms with van der Waals surface area (Å²) in [5, 5.41) is 2.90. The molecule has 0 aliphatic heterocycles. The Kier molecular flexibility index (Phi) is 6.33. The molecule has 0 aliphatic rings. The zero-order chi connectivity index (χ0) is 21.1. The predicted molar refractivity (Wildman–Crippen MR) is 117 cm³/mol. The lowest BCUT2D eigenvalue weighted by Crippen LogP contribution is -2.38. The number of amides is 2. The van der Waals surface area contributed by atoms with Gasteiger partial charge in [-0.2, -0.15) is 0 Å². The van der Waals surface area contributed by atoms with Crippen LogP contribution in [0.5, 0.6) is 0 Å². The molecule has 28 heavy (non-hydrogen) atoms. The number of carbonyl (C=O) groups is 2. The van der Waals surface area contributed by atoms with Gasteiger partial charge in [-0.25, -0.2) is 0 Å². The van der Waals surface area contributed by atoms with Gasteiger partial charge in [-0.05, 0) is 40.2 Å². The number of rotatable bonds is 4. The molecule has 2 amide bonds. The number of anilines is 2. The molecule has 0 radical (unpaired) electrons. The average molecular weight is 381 g/mol. The maximum atomic E-state index is 12.6. The SMILES string of the molecule is CC(=O)N(CC(=O)Nc1ccc(C(C)(C)C)cc1)c1ccccc1C(C)(C)C. The van der Waals surface area contributed by atoms with Gasteiger partial charge in [-0.15, -0.1) is 0 Å². The second-order valence-electron chi connectivity index (χ2n) is 9.25. The number of nitrogens with one attached hydrogen (secondary N) is 1. The zero-order valence-electron chi connectivity index (χ0n) is 18.1.